The summed E-state index contributed by atoms with van der Waals surface area (Å²) in [6, 6.07) is 5.04. The first-order chi connectivity index (χ1) is 16.0. The smallest absolute Gasteiger partial charge is 0.346 e. The second kappa shape index (κ2) is 10.1. The Morgan fingerprint density at radius 2 is 1.85 bits per heavy atom. The molecule has 184 valence electrons. The molecule has 3 saturated heterocycles. The van der Waals surface area contributed by atoms with Crippen LogP contribution in [0.15, 0.2) is 41.3 Å². The summed E-state index contributed by atoms with van der Waals surface area (Å²) in [4.78, 5) is 34.3. The van der Waals surface area contributed by atoms with Gasteiger partial charge in [0.2, 0.25) is 11.5 Å². The molecule has 0 spiro atoms. The second-order valence-corrected chi connectivity index (χ2v) is 9.76. The zero-order valence-electron chi connectivity index (χ0n) is 19.1. The van der Waals surface area contributed by atoms with Crippen molar-refractivity contribution in [3.05, 3.63) is 42.6 Å². The lowest BCUT2D eigenvalue weighted by molar-refractivity contribution is -0.939. The van der Waals surface area contributed by atoms with Gasteiger partial charge >= 0.3 is 5.97 Å². The van der Waals surface area contributed by atoms with E-state index >= 15 is 0 Å². The van der Waals surface area contributed by atoms with Gasteiger partial charge in [-0.3, -0.25) is 10.1 Å². The van der Waals surface area contributed by atoms with E-state index < -0.39 is 11.6 Å². The first kappa shape index (κ1) is 24.8. The Morgan fingerprint density at radius 3 is 2.50 bits per heavy atom. The van der Waals surface area contributed by atoms with Crippen molar-refractivity contribution in [2.45, 2.75) is 50.2 Å². The number of piperidine rings is 3. The Morgan fingerprint density at radius 1 is 1.15 bits per heavy atom. The van der Waals surface area contributed by atoms with Gasteiger partial charge in [-0.2, -0.15) is 0 Å². The fourth-order valence-electron chi connectivity index (χ4n) is 5.94. The Balaban J connectivity index is 0.00000274. The molecule has 1 saturated carbocycles. The van der Waals surface area contributed by atoms with Crippen molar-refractivity contribution in [2.75, 3.05) is 31.5 Å². The highest BCUT2D eigenvalue weighted by molar-refractivity contribution is 5.89. The van der Waals surface area contributed by atoms with E-state index in [0.29, 0.717) is 11.0 Å². The lowest BCUT2D eigenvalue weighted by Crippen LogP contribution is -3.00. The molecule has 1 unspecified atom stereocenters. The third-order valence-electron chi connectivity index (χ3n) is 7.75. The highest BCUT2D eigenvalue weighted by atomic mass is 79.9. The summed E-state index contributed by atoms with van der Waals surface area (Å²) in [6.45, 7) is 2.59. The first-order valence-corrected chi connectivity index (χ1v) is 11.9. The molecule has 0 radical (unpaired) electrons. The average molecular weight is 535 g/mol. The molecule has 3 aliphatic heterocycles. The van der Waals surface area contributed by atoms with Crippen molar-refractivity contribution in [3.8, 4) is 0 Å². The van der Waals surface area contributed by atoms with E-state index in [-0.39, 0.29) is 59.1 Å². The number of aliphatic hydroxyl groups is 1. The van der Waals surface area contributed by atoms with Crippen molar-refractivity contribution in [1.82, 2.24) is 9.97 Å². The molecule has 2 bridgehead atoms. The van der Waals surface area contributed by atoms with Crippen molar-refractivity contribution in [2.24, 2.45) is 11.8 Å². The summed E-state index contributed by atoms with van der Waals surface area (Å²) in [5.41, 5.74) is -1.77. The number of rotatable bonds is 7. The van der Waals surface area contributed by atoms with Crippen LogP contribution in [0.1, 0.15) is 44.3 Å². The maximum Gasteiger partial charge on any atom is 0.346 e. The molecule has 2 atom stereocenters. The fourth-order valence-corrected chi connectivity index (χ4v) is 5.94. The monoisotopic (exact) mass is 534 g/mol. The molecule has 0 aromatic carbocycles. The number of furan rings is 1. The number of amides is 1. The number of anilines is 1. The van der Waals surface area contributed by atoms with Gasteiger partial charge in [-0.15, -0.1) is 0 Å². The van der Waals surface area contributed by atoms with Crippen LogP contribution in [0.4, 0.5) is 5.95 Å². The number of hydrogen-bond acceptors (Lipinski definition) is 7. The van der Waals surface area contributed by atoms with Gasteiger partial charge in [-0.1, -0.05) is 12.8 Å². The van der Waals surface area contributed by atoms with Crippen molar-refractivity contribution >= 4 is 17.8 Å². The van der Waals surface area contributed by atoms with Gasteiger partial charge in [0, 0.05) is 37.1 Å². The van der Waals surface area contributed by atoms with Crippen LogP contribution in [0.2, 0.25) is 0 Å². The normalized spacial score (nSPS) is 28.0. The minimum Gasteiger partial charge on any atom is -1.00 e. The van der Waals surface area contributed by atoms with Gasteiger partial charge < -0.3 is 35.7 Å². The molecule has 34 heavy (non-hydrogen) atoms. The van der Waals surface area contributed by atoms with Crippen LogP contribution < -0.4 is 22.3 Å². The highest BCUT2D eigenvalue weighted by Gasteiger charge is 2.54. The number of hydrogen-bond donors (Lipinski definition) is 2. The summed E-state index contributed by atoms with van der Waals surface area (Å²) in [5.74, 6) is -0.188. The van der Waals surface area contributed by atoms with Crippen molar-refractivity contribution in [3.63, 3.8) is 0 Å². The highest BCUT2D eigenvalue weighted by Crippen LogP contribution is 2.43. The van der Waals surface area contributed by atoms with Crippen LogP contribution in [0.5, 0.6) is 0 Å². The van der Waals surface area contributed by atoms with Gasteiger partial charge in [0.1, 0.15) is 12.3 Å². The predicted molar refractivity (Wildman–Crippen MR) is 118 cm³/mol. The van der Waals surface area contributed by atoms with Crippen LogP contribution in [0.3, 0.4) is 0 Å². The van der Waals surface area contributed by atoms with Gasteiger partial charge in [-0.05, 0) is 31.0 Å². The van der Waals surface area contributed by atoms with Crippen LogP contribution in [-0.2, 0) is 19.9 Å². The van der Waals surface area contributed by atoms with E-state index in [2.05, 4.69) is 15.3 Å². The van der Waals surface area contributed by atoms with Gasteiger partial charge in [0.15, 0.2) is 12.6 Å². The molecule has 9 nitrogen and oxygen atoms in total. The lowest BCUT2D eigenvalue weighted by atomic mass is 9.81. The molecule has 1 aliphatic carbocycles. The Bertz CT molecular complexity index is 975. The van der Waals surface area contributed by atoms with E-state index in [1.807, 2.05) is 0 Å². The zero-order chi connectivity index (χ0) is 22.9. The fraction of sp³-hybridized carbons (Fsp3) is 0.583. The number of nitrogens with one attached hydrogen (secondary N) is 1. The van der Waals surface area contributed by atoms with E-state index in [1.165, 1.54) is 6.26 Å². The summed E-state index contributed by atoms with van der Waals surface area (Å²) in [5, 5.41) is 14.3. The number of ether oxygens (including phenoxy) is 1. The number of aromatic nitrogens is 2. The third-order valence-corrected chi connectivity index (χ3v) is 7.75. The molecular formula is C24H31BrN4O5. The number of halogens is 1. The van der Waals surface area contributed by atoms with E-state index in [0.717, 1.165) is 51.6 Å². The molecule has 10 heteroatoms. The largest absolute Gasteiger partial charge is 1.00 e. The predicted octanol–water partition coefficient (Wildman–Crippen LogP) is -0.758. The summed E-state index contributed by atoms with van der Waals surface area (Å²) < 4.78 is 12.1. The van der Waals surface area contributed by atoms with Crippen LogP contribution >= 0.6 is 0 Å². The number of carbonyl (C=O) groups excluding carboxylic acids is 2. The topological polar surface area (TPSA) is 115 Å². The molecular weight excluding hydrogens is 504 g/mol. The third kappa shape index (κ3) is 4.76. The summed E-state index contributed by atoms with van der Waals surface area (Å²) in [7, 11) is 0. The van der Waals surface area contributed by atoms with Crippen LogP contribution in [0.25, 0.3) is 0 Å². The average Bonchev–Trinajstić information content (AvgIpc) is 3.54. The summed E-state index contributed by atoms with van der Waals surface area (Å²) >= 11 is 0. The maximum absolute atomic E-state index is 13.4. The Kier molecular flexibility index (Phi) is 7.39. The molecule has 6 rings (SSSR count). The molecule has 5 heterocycles. The Hall–Kier alpha value is -2.30. The van der Waals surface area contributed by atoms with E-state index in [4.69, 9.17) is 9.15 Å². The van der Waals surface area contributed by atoms with Crippen molar-refractivity contribution < 1.29 is 45.3 Å². The Labute approximate surface area is 209 Å². The van der Waals surface area contributed by atoms with Crippen LogP contribution in [-0.4, -0.2) is 63.7 Å². The molecule has 2 aromatic heterocycles. The standard InChI is InChI=1S/C24H30N4O5.BrH/c29-21(27-23-25-10-4-11-26-23)16-28-12-8-17(9-13-28)19(15-28)33-22(30)24(31,18-5-1-2-6-18)20-7-3-14-32-20;/h3-4,7,10-11,14,17-19,31H,1-2,5-6,8-9,12-13,15-16H2;1H/t17?,19?,24-,28?;/m1./s1. The van der Waals surface area contributed by atoms with Gasteiger partial charge in [-0.25, -0.2) is 14.8 Å². The summed E-state index contributed by atoms with van der Waals surface area (Å²) in [6.07, 6.45) is 9.58. The zero-order valence-corrected chi connectivity index (χ0v) is 20.7. The number of nitrogens with zero attached hydrogens (tertiary/aromatic N) is 3. The van der Waals surface area contributed by atoms with Gasteiger partial charge in [0.05, 0.1) is 19.4 Å². The van der Waals surface area contributed by atoms with Crippen molar-refractivity contribution in [1.29, 1.82) is 0 Å². The molecule has 4 aliphatic rings. The quantitative estimate of drug-likeness (QED) is 0.354. The molecule has 2 aromatic rings. The molecule has 1 amide bonds. The SMILES string of the molecule is O=C(C[N+]12CCC(CC1)C(OC(=O)[C@](O)(c1ccco1)C1CCCC1)C2)Nc1ncccn1.[Br-]. The number of carbonyl (C=O) groups is 2. The lowest BCUT2D eigenvalue weighted by Gasteiger charge is -2.51. The molecule has 2 N–H and O–H groups in total. The number of quaternary nitrogens is 1. The molecule has 4 fully saturated rings. The van der Waals surface area contributed by atoms with Gasteiger partial charge in [0.25, 0.3) is 5.91 Å². The first-order valence-electron chi connectivity index (χ1n) is 11.9. The minimum atomic E-state index is -1.77. The van der Waals surface area contributed by atoms with E-state index in [1.54, 1.807) is 30.6 Å². The van der Waals surface area contributed by atoms with E-state index in [9.17, 15) is 14.7 Å². The second-order valence-electron chi connectivity index (χ2n) is 9.76. The number of esters is 1. The minimum absolute atomic E-state index is 0. The van der Waals surface area contributed by atoms with Crippen LogP contribution in [0, 0.1) is 11.8 Å². The number of fused-ring (bicyclic) bond motifs is 3. The maximum atomic E-state index is 13.4.